The number of nitrogens with one attached hydrogen (secondary N) is 1. The Balaban J connectivity index is 2.08. The maximum Gasteiger partial charge on any atom is 0.150 e. The predicted octanol–water partition coefficient (Wildman–Crippen LogP) is 1.97. The standard InChI is InChI=1S/C13H18F2N2O/c14-4-9-18-11-2-3-13(12(15)10-11)17-7-1-5-16-6-8-17/h2-3,10,16H,1,4-9H2. The summed E-state index contributed by atoms with van der Waals surface area (Å²) in [6, 6.07) is 4.71. The zero-order valence-electron chi connectivity index (χ0n) is 10.3. The van der Waals surface area contributed by atoms with Crippen LogP contribution in [0, 0.1) is 5.82 Å². The third-order valence-corrected chi connectivity index (χ3v) is 2.95. The van der Waals surface area contributed by atoms with Crippen molar-refractivity contribution in [2.24, 2.45) is 0 Å². The van der Waals surface area contributed by atoms with Gasteiger partial charge < -0.3 is 15.0 Å². The van der Waals surface area contributed by atoms with Gasteiger partial charge in [-0.25, -0.2) is 8.78 Å². The molecule has 1 fully saturated rings. The molecule has 0 bridgehead atoms. The number of rotatable bonds is 4. The van der Waals surface area contributed by atoms with E-state index in [2.05, 4.69) is 5.32 Å². The van der Waals surface area contributed by atoms with E-state index in [0.717, 1.165) is 32.6 Å². The molecule has 1 aromatic rings. The molecule has 0 aromatic heterocycles. The van der Waals surface area contributed by atoms with Crippen LogP contribution < -0.4 is 15.0 Å². The van der Waals surface area contributed by atoms with Gasteiger partial charge in [0.2, 0.25) is 0 Å². The minimum Gasteiger partial charge on any atom is -0.491 e. The molecule has 1 N–H and O–H groups in total. The van der Waals surface area contributed by atoms with Crippen LogP contribution in [0.4, 0.5) is 14.5 Å². The highest BCUT2D eigenvalue weighted by Gasteiger charge is 2.14. The van der Waals surface area contributed by atoms with Crippen molar-refractivity contribution >= 4 is 5.69 Å². The van der Waals surface area contributed by atoms with Crippen molar-refractivity contribution in [3.05, 3.63) is 24.0 Å². The van der Waals surface area contributed by atoms with E-state index >= 15 is 0 Å². The second-order valence-corrected chi connectivity index (χ2v) is 4.24. The van der Waals surface area contributed by atoms with E-state index in [9.17, 15) is 8.78 Å². The lowest BCUT2D eigenvalue weighted by molar-refractivity contribution is 0.272. The van der Waals surface area contributed by atoms with E-state index in [1.165, 1.54) is 6.07 Å². The molecule has 3 nitrogen and oxygen atoms in total. The molecular formula is C13H18F2N2O. The first-order valence-corrected chi connectivity index (χ1v) is 6.25. The minimum atomic E-state index is -0.568. The van der Waals surface area contributed by atoms with Crippen LogP contribution in [-0.2, 0) is 0 Å². The van der Waals surface area contributed by atoms with Gasteiger partial charge >= 0.3 is 0 Å². The smallest absolute Gasteiger partial charge is 0.150 e. The van der Waals surface area contributed by atoms with Crippen molar-refractivity contribution in [1.82, 2.24) is 5.32 Å². The first-order chi connectivity index (χ1) is 8.81. The molecule has 0 spiro atoms. The van der Waals surface area contributed by atoms with Gasteiger partial charge in [-0.3, -0.25) is 0 Å². The normalized spacial score (nSPS) is 16.4. The molecule has 0 atom stereocenters. The fraction of sp³-hybridized carbons (Fsp3) is 0.538. The van der Waals surface area contributed by atoms with Crippen LogP contribution in [0.2, 0.25) is 0 Å². The van der Waals surface area contributed by atoms with Crippen molar-refractivity contribution in [2.45, 2.75) is 6.42 Å². The Kier molecular flexibility index (Phi) is 4.75. The molecule has 100 valence electrons. The summed E-state index contributed by atoms with van der Waals surface area (Å²) >= 11 is 0. The second kappa shape index (κ2) is 6.54. The Labute approximate surface area is 106 Å². The van der Waals surface area contributed by atoms with Gasteiger partial charge in [-0.2, -0.15) is 0 Å². The van der Waals surface area contributed by atoms with Crippen molar-refractivity contribution in [3.63, 3.8) is 0 Å². The Morgan fingerprint density at radius 1 is 1.28 bits per heavy atom. The van der Waals surface area contributed by atoms with E-state index in [-0.39, 0.29) is 12.4 Å². The molecule has 0 aliphatic carbocycles. The maximum atomic E-state index is 14.0. The lowest BCUT2D eigenvalue weighted by atomic mass is 10.2. The molecule has 0 saturated carbocycles. The predicted molar refractivity (Wildman–Crippen MR) is 67.6 cm³/mol. The third-order valence-electron chi connectivity index (χ3n) is 2.95. The molecule has 0 unspecified atom stereocenters. The van der Waals surface area contributed by atoms with Crippen LogP contribution in [-0.4, -0.2) is 39.5 Å². The van der Waals surface area contributed by atoms with Crippen LogP contribution in [0.3, 0.4) is 0 Å². The Bertz CT molecular complexity index is 379. The van der Waals surface area contributed by atoms with Gasteiger partial charge in [0.1, 0.15) is 24.8 Å². The quantitative estimate of drug-likeness (QED) is 0.891. The Morgan fingerprint density at radius 2 is 2.17 bits per heavy atom. The number of ether oxygens (including phenoxy) is 1. The molecule has 1 saturated heterocycles. The summed E-state index contributed by atoms with van der Waals surface area (Å²) in [5.41, 5.74) is 0.589. The number of nitrogens with zero attached hydrogens (tertiary/aromatic N) is 1. The minimum absolute atomic E-state index is 0.0353. The van der Waals surface area contributed by atoms with E-state index in [1.807, 2.05) is 4.90 Å². The molecular weight excluding hydrogens is 238 g/mol. The number of alkyl halides is 1. The van der Waals surface area contributed by atoms with E-state index < -0.39 is 6.67 Å². The van der Waals surface area contributed by atoms with Crippen LogP contribution in [0.5, 0.6) is 5.75 Å². The van der Waals surface area contributed by atoms with Gasteiger partial charge in [0.15, 0.2) is 0 Å². The maximum absolute atomic E-state index is 14.0. The first kappa shape index (κ1) is 13.1. The molecule has 0 radical (unpaired) electrons. The van der Waals surface area contributed by atoms with Gasteiger partial charge in [-0.1, -0.05) is 0 Å². The van der Waals surface area contributed by atoms with E-state index in [0.29, 0.717) is 11.4 Å². The number of hydrogen-bond donors (Lipinski definition) is 1. The third kappa shape index (κ3) is 3.32. The lowest BCUT2D eigenvalue weighted by Crippen LogP contribution is -2.28. The van der Waals surface area contributed by atoms with Gasteiger partial charge in [0.25, 0.3) is 0 Å². The average molecular weight is 256 g/mol. The van der Waals surface area contributed by atoms with Gasteiger partial charge in [0, 0.05) is 25.7 Å². The average Bonchev–Trinajstić information content (AvgIpc) is 2.65. The van der Waals surface area contributed by atoms with Crippen LogP contribution in [0.15, 0.2) is 18.2 Å². The topological polar surface area (TPSA) is 24.5 Å². The highest BCUT2D eigenvalue weighted by molar-refractivity contribution is 5.50. The van der Waals surface area contributed by atoms with Crippen molar-refractivity contribution < 1.29 is 13.5 Å². The molecule has 18 heavy (non-hydrogen) atoms. The van der Waals surface area contributed by atoms with Crippen LogP contribution in [0.25, 0.3) is 0 Å². The summed E-state index contributed by atoms with van der Waals surface area (Å²) in [5.74, 6) is 0.0649. The number of benzene rings is 1. The number of anilines is 1. The van der Waals surface area contributed by atoms with E-state index in [4.69, 9.17) is 4.74 Å². The van der Waals surface area contributed by atoms with Crippen molar-refractivity contribution in [1.29, 1.82) is 0 Å². The molecule has 2 rings (SSSR count). The highest BCUT2D eigenvalue weighted by Crippen LogP contribution is 2.24. The summed E-state index contributed by atoms with van der Waals surface area (Å²) < 4.78 is 31.0. The fourth-order valence-corrected chi connectivity index (χ4v) is 2.08. The van der Waals surface area contributed by atoms with Crippen LogP contribution >= 0.6 is 0 Å². The summed E-state index contributed by atoms with van der Waals surface area (Å²) in [6.45, 7) is 2.86. The van der Waals surface area contributed by atoms with Crippen molar-refractivity contribution in [2.75, 3.05) is 44.4 Å². The summed E-state index contributed by atoms with van der Waals surface area (Å²) in [6.07, 6.45) is 1.000. The largest absolute Gasteiger partial charge is 0.491 e. The molecule has 0 amide bonds. The Morgan fingerprint density at radius 3 is 2.94 bits per heavy atom. The molecule has 1 aliphatic heterocycles. The first-order valence-electron chi connectivity index (χ1n) is 6.25. The molecule has 1 heterocycles. The fourth-order valence-electron chi connectivity index (χ4n) is 2.08. The number of halogens is 2. The molecule has 1 aromatic carbocycles. The zero-order chi connectivity index (χ0) is 12.8. The Hall–Kier alpha value is -1.36. The zero-order valence-corrected chi connectivity index (χ0v) is 10.3. The SMILES string of the molecule is FCCOc1ccc(N2CCCNCC2)c(F)c1. The summed E-state index contributed by atoms with van der Waals surface area (Å²) in [5, 5.41) is 3.28. The highest BCUT2D eigenvalue weighted by atomic mass is 19.1. The monoisotopic (exact) mass is 256 g/mol. The van der Waals surface area contributed by atoms with Crippen molar-refractivity contribution in [3.8, 4) is 5.75 Å². The second-order valence-electron chi connectivity index (χ2n) is 4.24. The summed E-state index contributed by atoms with van der Waals surface area (Å²) in [4.78, 5) is 2.02. The van der Waals surface area contributed by atoms with Crippen LogP contribution in [0.1, 0.15) is 6.42 Å². The van der Waals surface area contributed by atoms with Gasteiger partial charge in [0.05, 0.1) is 5.69 Å². The van der Waals surface area contributed by atoms with Gasteiger partial charge in [-0.05, 0) is 25.1 Å². The molecule has 5 heteroatoms. The number of hydrogen-bond acceptors (Lipinski definition) is 3. The summed E-state index contributed by atoms with van der Waals surface area (Å²) in [7, 11) is 0. The van der Waals surface area contributed by atoms with Gasteiger partial charge in [-0.15, -0.1) is 0 Å². The lowest BCUT2D eigenvalue weighted by Gasteiger charge is -2.23. The van der Waals surface area contributed by atoms with E-state index in [1.54, 1.807) is 12.1 Å². The molecule has 1 aliphatic rings.